The Morgan fingerprint density at radius 1 is 0.960 bits per heavy atom. The van der Waals surface area contributed by atoms with Gasteiger partial charge >= 0.3 is 7.12 Å². The fraction of sp³-hybridized carbons (Fsp3) is 0.667. The van der Waals surface area contributed by atoms with E-state index in [1.807, 2.05) is 52.0 Å². The summed E-state index contributed by atoms with van der Waals surface area (Å²) in [5.74, 6) is 0.736. The molecule has 6 nitrogen and oxygen atoms in total. The summed E-state index contributed by atoms with van der Waals surface area (Å²) in [5.41, 5.74) is 0.243. The number of hydrogen-bond donors (Lipinski definition) is 1. The number of aliphatic hydroxyl groups excluding tert-OH is 1. The van der Waals surface area contributed by atoms with Gasteiger partial charge in [-0.05, 0) is 45.3 Å². The lowest BCUT2D eigenvalue weighted by atomic mass is 9.79. The Hall–Kier alpha value is -1.12. The van der Waals surface area contributed by atoms with Crippen molar-refractivity contribution in [3.63, 3.8) is 0 Å². The van der Waals surface area contributed by atoms with E-state index in [4.69, 9.17) is 23.5 Å². The maximum atomic E-state index is 9.79. The van der Waals surface area contributed by atoms with Gasteiger partial charge in [-0.3, -0.25) is 0 Å². The van der Waals surface area contributed by atoms with Crippen molar-refractivity contribution in [2.24, 2.45) is 0 Å². The van der Waals surface area contributed by atoms with E-state index < -0.39 is 6.10 Å². The molecule has 4 rings (SSSR count). The molecule has 0 amide bonds. The molecule has 25 heavy (non-hydrogen) atoms. The summed E-state index contributed by atoms with van der Waals surface area (Å²) in [6, 6.07) is 7.71. The minimum absolute atomic E-state index is 0.204. The second-order valence-corrected chi connectivity index (χ2v) is 7.98. The van der Waals surface area contributed by atoms with Crippen LogP contribution in [-0.2, 0) is 18.8 Å². The molecule has 4 atom stereocenters. The van der Waals surface area contributed by atoms with Gasteiger partial charge in [0.2, 0.25) is 0 Å². The summed E-state index contributed by atoms with van der Waals surface area (Å²) >= 11 is 0. The first kappa shape index (κ1) is 17.3. The highest BCUT2D eigenvalue weighted by atomic mass is 16.7. The molecule has 7 heteroatoms. The van der Waals surface area contributed by atoms with Crippen LogP contribution >= 0.6 is 0 Å². The third-order valence-electron chi connectivity index (χ3n) is 5.67. The maximum Gasteiger partial charge on any atom is 0.494 e. The standard InChI is InChI=1S/C18H25BO6/c1-17(2)18(3,4)25-19(24-17)11-5-7-12(8-6-11)23-14-10-22-15-13(20)9-21-16(14)15/h5-8,13-16,20H,9-10H2,1-4H3/t13-,14?,15+,16+/m1/s1. The molecule has 1 N–H and O–H groups in total. The van der Waals surface area contributed by atoms with Gasteiger partial charge in [-0.15, -0.1) is 0 Å². The minimum atomic E-state index is -0.565. The van der Waals surface area contributed by atoms with Crippen molar-refractivity contribution in [2.45, 2.75) is 63.3 Å². The monoisotopic (exact) mass is 348 g/mol. The molecule has 3 fully saturated rings. The molecular weight excluding hydrogens is 323 g/mol. The van der Waals surface area contributed by atoms with Crippen molar-refractivity contribution >= 4 is 12.6 Å². The SMILES string of the molecule is CC1(C)OB(c2ccc(OC3CO[C@H]4[C@H](O)CO[C@@H]34)cc2)OC1(C)C. The summed E-state index contributed by atoms with van der Waals surface area (Å²) in [6.45, 7) is 8.88. The van der Waals surface area contributed by atoms with E-state index in [9.17, 15) is 5.11 Å². The molecule has 1 aromatic carbocycles. The molecular formula is C18H25BO6. The summed E-state index contributed by atoms with van der Waals surface area (Å²) in [5, 5.41) is 9.79. The van der Waals surface area contributed by atoms with E-state index >= 15 is 0 Å². The molecule has 3 aliphatic rings. The second kappa shape index (κ2) is 5.96. The number of ether oxygens (including phenoxy) is 3. The topological polar surface area (TPSA) is 66.4 Å². The maximum absolute atomic E-state index is 9.79. The molecule has 3 heterocycles. The predicted octanol–water partition coefficient (Wildman–Crippen LogP) is 0.892. The van der Waals surface area contributed by atoms with Crippen LogP contribution in [0.25, 0.3) is 0 Å². The van der Waals surface area contributed by atoms with E-state index in [0.29, 0.717) is 13.2 Å². The Morgan fingerprint density at radius 2 is 1.56 bits per heavy atom. The average molecular weight is 348 g/mol. The predicted molar refractivity (Wildman–Crippen MR) is 92.1 cm³/mol. The fourth-order valence-electron chi connectivity index (χ4n) is 3.40. The van der Waals surface area contributed by atoms with E-state index in [1.165, 1.54) is 0 Å². The lowest BCUT2D eigenvalue weighted by Gasteiger charge is -2.32. The van der Waals surface area contributed by atoms with Gasteiger partial charge in [0.1, 0.15) is 24.1 Å². The first-order valence-corrected chi connectivity index (χ1v) is 8.80. The third kappa shape index (κ3) is 2.98. The number of fused-ring (bicyclic) bond motifs is 1. The molecule has 3 saturated heterocycles. The highest BCUT2D eigenvalue weighted by Crippen LogP contribution is 2.36. The van der Waals surface area contributed by atoms with Crippen LogP contribution in [0.15, 0.2) is 24.3 Å². The highest BCUT2D eigenvalue weighted by molar-refractivity contribution is 6.62. The van der Waals surface area contributed by atoms with E-state index in [2.05, 4.69) is 0 Å². The lowest BCUT2D eigenvalue weighted by Crippen LogP contribution is -2.41. The molecule has 1 unspecified atom stereocenters. The number of rotatable bonds is 3. The molecule has 0 bridgehead atoms. The number of benzene rings is 1. The van der Waals surface area contributed by atoms with E-state index in [-0.39, 0.29) is 36.6 Å². The lowest BCUT2D eigenvalue weighted by molar-refractivity contribution is 0.00578. The van der Waals surface area contributed by atoms with Gasteiger partial charge in [-0.25, -0.2) is 0 Å². The van der Waals surface area contributed by atoms with Crippen molar-refractivity contribution in [3.05, 3.63) is 24.3 Å². The van der Waals surface area contributed by atoms with Crippen LogP contribution in [-0.4, -0.2) is 61.1 Å². The summed E-state index contributed by atoms with van der Waals surface area (Å²) in [7, 11) is -0.383. The number of aliphatic hydroxyl groups is 1. The van der Waals surface area contributed by atoms with Crippen molar-refractivity contribution in [2.75, 3.05) is 13.2 Å². The third-order valence-corrected chi connectivity index (χ3v) is 5.67. The molecule has 0 radical (unpaired) electrons. The Balaban J connectivity index is 1.42. The van der Waals surface area contributed by atoms with Crippen LogP contribution in [0.3, 0.4) is 0 Å². The fourth-order valence-corrected chi connectivity index (χ4v) is 3.40. The first-order chi connectivity index (χ1) is 11.8. The second-order valence-electron chi connectivity index (χ2n) is 7.98. The summed E-state index contributed by atoms with van der Waals surface area (Å²) in [4.78, 5) is 0. The molecule has 0 aromatic heterocycles. The van der Waals surface area contributed by atoms with Crippen LogP contribution < -0.4 is 10.2 Å². The quantitative estimate of drug-likeness (QED) is 0.819. The van der Waals surface area contributed by atoms with E-state index in [1.54, 1.807) is 0 Å². The zero-order valence-electron chi connectivity index (χ0n) is 15.1. The van der Waals surface area contributed by atoms with Gasteiger partial charge in [0.05, 0.1) is 24.4 Å². The van der Waals surface area contributed by atoms with Crippen LogP contribution in [0.4, 0.5) is 0 Å². The Labute approximate surface area is 148 Å². The van der Waals surface area contributed by atoms with Gasteiger partial charge in [-0.2, -0.15) is 0 Å². The Bertz CT molecular complexity index is 615. The van der Waals surface area contributed by atoms with Gasteiger partial charge in [-0.1, -0.05) is 12.1 Å². The van der Waals surface area contributed by atoms with Gasteiger partial charge in [0, 0.05) is 0 Å². The van der Waals surface area contributed by atoms with Crippen LogP contribution in [0.5, 0.6) is 5.75 Å². The zero-order chi connectivity index (χ0) is 17.8. The Morgan fingerprint density at radius 3 is 2.20 bits per heavy atom. The van der Waals surface area contributed by atoms with Crippen LogP contribution in [0, 0.1) is 0 Å². The average Bonchev–Trinajstić information content (AvgIpc) is 3.16. The molecule has 0 spiro atoms. The minimum Gasteiger partial charge on any atom is -0.485 e. The van der Waals surface area contributed by atoms with Gasteiger partial charge in [0.15, 0.2) is 6.10 Å². The normalized spacial score (nSPS) is 35.8. The van der Waals surface area contributed by atoms with Gasteiger partial charge in [0.25, 0.3) is 0 Å². The summed E-state index contributed by atoms with van der Waals surface area (Å²) in [6.07, 6.45) is -1.26. The van der Waals surface area contributed by atoms with Crippen molar-refractivity contribution in [1.29, 1.82) is 0 Å². The molecule has 0 saturated carbocycles. The largest absolute Gasteiger partial charge is 0.494 e. The van der Waals surface area contributed by atoms with Crippen molar-refractivity contribution in [1.82, 2.24) is 0 Å². The van der Waals surface area contributed by atoms with Gasteiger partial charge < -0.3 is 28.6 Å². The van der Waals surface area contributed by atoms with E-state index in [0.717, 1.165) is 11.2 Å². The first-order valence-electron chi connectivity index (χ1n) is 8.80. The van der Waals surface area contributed by atoms with Crippen molar-refractivity contribution < 1.29 is 28.6 Å². The number of hydrogen-bond acceptors (Lipinski definition) is 6. The highest BCUT2D eigenvalue weighted by Gasteiger charge is 2.52. The van der Waals surface area contributed by atoms with Crippen molar-refractivity contribution in [3.8, 4) is 5.75 Å². The molecule has 1 aromatic rings. The zero-order valence-corrected chi connectivity index (χ0v) is 15.1. The van der Waals surface area contributed by atoms with Crippen LogP contribution in [0.2, 0.25) is 0 Å². The smallest absolute Gasteiger partial charge is 0.485 e. The van der Waals surface area contributed by atoms with Crippen LogP contribution in [0.1, 0.15) is 27.7 Å². The Kier molecular flexibility index (Phi) is 4.13. The summed E-state index contributed by atoms with van der Waals surface area (Å²) < 4.78 is 29.3. The molecule has 3 aliphatic heterocycles. The molecule has 0 aliphatic carbocycles. The molecule has 136 valence electrons.